The van der Waals surface area contributed by atoms with Crippen LogP contribution in [-0.2, 0) is 28.8 Å². The van der Waals surface area contributed by atoms with Gasteiger partial charge in [-0.3, -0.25) is 0 Å². The molecule has 5 heteroatoms. The maximum absolute atomic E-state index is 12.0. The third-order valence-electron chi connectivity index (χ3n) is 2.92. The Hall–Kier alpha value is -0.520. The van der Waals surface area contributed by atoms with Crippen molar-refractivity contribution in [3.05, 3.63) is 33.3 Å². The second-order valence-electron chi connectivity index (χ2n) is 5.53. The third kappa shape index (κ3) is 3.74. The first-order chi connectivity index (χ1) is 8.88. The highest BCUT2D eigenvalue weighted by Crippen LogP contribution is 2.25. The second kappa shape index (κ2) is 5.85. The highest BCUT2D eigenvalue weighted by atomic mass is 79.9. The van der Waals surface area contributed by atoms with Crippen LogP contribution in [0.5, 0.6) is 0 Å². The number of benzene rings is 1. The largest absolute Gasteiger partial charge is 0.376 e. The molecule has 1 heterocycles. The van der Waals surface area contributed by atoms with Crippen LogP contribution in [-0.4, -0.2) is 21.8 Å². The van der Waals surface area contributed by atoms with E-state index in [0.717, 1.165) is 28.6 Å². The summed E-state index contributed by atoms with van der Waals surface area (Å²) in [4.78, 5) is 0. The lowest BCUT2D eigenvalue weighted by Crippen LogP contribution is -2.20. The molecule has 0 saturated heterocycles. The van der Waals surface area contributed by atoms with Gasteiger partial charge in [-0.1, -0.05) is 15.9 Å². The first-order valence-corrected chi connectivity index (χ1v) is 8.13. The molecule has 0 bridgehead atoms. The maximum atomic E-state index is 12.0. The standard InChI is InChI=1S/C14H18BrNO2S/c1-14(2,3)19(17)16-8-11-7-12(15)6-10-4-5-18-9-13(10)11/h6-8H,4-5,9H2,1-3H3/b16-8+. The van der Waals surface area contributed by atoms with Crippen molar-refractivity contribution in [2.75, 3.05) is 6.61 Å². The van der Waals surface area contributed by atoms with E-state index in [0.29, 0.717) is 6.61 Å². The lowest BCUT2D eigenvalue weighted by Gasteiger charge is -2.19. The highest BCUT2D eigenvalue weighted by Gasteiger charge is 2.19. The van der Waals surface area contributed by atoms with Crippen LogP contribution >= 0.6 is 15.9 Å². The van der Waals surface area contributed by atoms with Gasteiger partial charge in [0.2, 0.25) is 0 Å². The van der Waals surface area contributed by atoms with Gasteiger partial charge in [0, 0.05) is 16.3 Å². The zero-order valence-electron chi connectivity index (χ0n) is 11.4. The van der Waals surface area contributed by atoms with Crippen LogP contribution in [0, 0.1) is 0 Å². The van der Waals surface area contributed by atoms with Crippen molar-refractivity contribution in [2.45, 2.75) is 38.5 Å². The van der Waals surface area contributed by atoms with Gasteiger partial charge in [0.25, 0.3) is 0 Å². The van der Waals surface area contributed by atoms with Gasteiger partial charge in [0.15, 0.2) is 0 Å². The Morgan fingerprint density at radius 3 is 2.84 bits per heavy atom. The zero-order valence-corrected chi connectivity index (χ0v) is 13.8. The molecule has 0 radical (unpaired) electrons. The smallest absolute Gasteiger partial charge is 0.144 e. The second-order valence-corrected chi connectivity index (χ2v) is 8.38. The van der Waals surface area contributed by atoms with Gasteiger partial charge >= 0.3 is 0 Å². The molecule has 0 saturated carbocycles. The summed E-state index contributed by atoms with van der Waals surface area (Å²) in [6, 6.07) is 4.12. The van der Waals surface area contributed by atoms with Crippen LogP contribution in [0.2, 0.25) is 0 Å². The fourth-order valence-corrected chi connectivity index (χ4v) is 2.90. The molecular weight excluding hydrogens is 326 g/mol. The van der Waals surface area contributed by atoms with Gasteiger partial charge in [0.05, 0.1) is 18.0 Å². The number of halogens is 1. The Morgan fingerprint density at radius 2 is 2.16 bits per heavy atom. The Kier molecular flexibility index (Phi) is 4.58. The molecule has 19 heavy (non-hydrogen) atoms. The summed E-state index contributed by atoms with van der Waals surface area (Å²) in [5.41, 5.74) is 3.43. The summed E-state index contributed by atoms with van der Waals surface area (Å²) in [6.07, 6.45) is 2.62. The van der Waals surface area contributed by atoms with Crippen molar-refractivity contribution in [3.8, 4) is 0 Å². The van der Waals surface area contributed by atoms with E-state index in [9.17, 15) is 4.21 Å². The summed E-state index contributed by atoms with van der Waals surface area (Å²) < 4.78 is 22.3. The van der Waals surface area contributed by atoms with Gasteiger partial charge in [-0.05, 0) is 50.5 Å². The molecule has 2 rings (SSSR count). The van der Waals surface area contributed by atoms with Crippen molar-refractivity contribution < 1.29 is 8.95 Å². The molecule has 0 aromatic heterocycles. The fraction of sp³-hybridized carbons (Fsp3) is 0.500. The Bertz CT molecular complexity index is 535. The first kappa shape index (κ1) is 14.9. The molecule has 1 aromatic rings. The van der Waals surface area contributed by atoms with E-state index in [1.54, 1.807) is 6.21 Å². The number of ether oxygens (including phenoxy) is 1. The van der Waals surface area contributed by atoms with E-state index in [2.05, 4.69) is 26.4 Å². The van der Waals surface area contributed by atoms with Crippen LogP contribution in [0.4, 0.5) is 0 Å². The molecule has 0 aliphatic carbocycles. The van der Waals surface area contributed by atoms with Gasteiger partial charge in [-0.2, -0.15) is 4.40 Å². The normalized spacial score (nSPS) is 17.5. The van der Waals surface area contributed by atoms with Crippen molar-refractivity contribution in [3.63, 3.8) is 0 Å². The lowest BCUT2D eigenvalue weighted by molar-refractivity contribution is 0.110. The van der Waals surface area contributed by atoms with Crippen molar-refractivity contribution in [2.24, 2.45) is 4.40 Å². The highest BCUT2D eigenvalue weighted by molar-refractivity contribution is 9.10. The number of fused-ring (bicyclic) bond motifs is 1. The molecule has 1 atom stereocenters. The average Bonchev–Trinajstić information content (AvgIpc) is 2.34. The van der Waals surface area contributed by atoms with E-state index in [1.807, 2.05) is 26.8 Å². The van der Waals surface area contributed by atoms with Crippen LogP contribution in [0.15, 0.2) is 21.0 Å². The van der Waals surface area contributed by atoms with Gasteiger partial charge < -0.3 is 4.74 Å². The van der Waals surface area contributed by atoms with E-state index < -0.39 is 11.0 Å². The zero-order chi connectivity index (χ0) is 14.0. The van der Waals surface area contributed by atoms with Gasteiger partial charge in [0.1, 0.15) is 11.0 Å². The molecule has 0 spiro atoms. The summed E-state index contributed by atoms with van der Waals surface area (Å²) >= 11 is 3.51. The minimum atomic E-state index is -1.23. The number of rotatable bonds is 2. The van der Waals surface area contributed by atoms with E-state index in [1.165, 1.54) is 5.56 Å². The number of hydrogen-bond donors (Lipinski definition) is 0. The van der Waals surface area contributed by atoms with Crippen LogP contribution in [0.25, 0.3) is 0 Å². The summed E-state index contributed by atoms with van der Waals surface area (Å²) in [6.45, 7) is 7.11. The molecule has 1 aliphatic rings. The van der Waals surface area contributed by atoms with Crippen LogP contribution in [0.3, 0.4) is 0 Å². The Labute approximate surface area is 125 Å². The van der Waals surface area contributed by atoms with Crippen molar-refractivity contribution in [1.29, 1.82) is 0 Å². The predicted molar refractivity (Wildman–Crippen MR) is 83.0 cm³/mol. The Morgan fingerprint density at radius 1 is 1.42 bits per heavy atom. The third-order valence-corrected chi connectivity index (χ3v) is 4.72. The number of hydrogen-bond acceptors (Lipinski definition) is 2. The molecule has 0 fully saturated rings. The van der Waals surface area contributed by atoms with Gasteiger partial charge in [-0.25, -0.2) is 4.21 Å². The predicted octanol–water partition coefficient (Wildman–Crippen LogP) is 3.40. The molecule has 1 unspecified atom stereocenters. The lowest BCUT2D eigenvalue weighted by atomic mass is 9.98. The molecule has 1 aromatic carbocycles. The number of nitrogens with zero attached hydrogens (tertiary/aromatic N) is 1. The van der Waals surface area contributed by atoms with Gasteiger partial charge in [-0.15, -0.1) is 0 Å². The molecule has 0 N–H and O–H groups in total. The van der Waals surface area contributed by atoms with E-state index in [4.69, 9.17) is 4.74 Å². The monoisotopic (exact) mass is 343 g/mol. The Balaban J connectivity index is 2.32. The molecule has 3 nitrogen and oxygen atoms in total. The van der Waals surface area contributed by atoms with Crippen LogP contribution < -0.4 is 0 Å². The maximum Gasteiger partial charge on any atom is 0.144 e. The van der Waals surface area contributed by atoms with E-state index in [-0.39, 0.29) is 4.75 Å². The average molecular weight is 344 g/mol. The van der Waals surface area contributed by atoms with Crippen molar-refractivity contribution in [1.82, 2.24) is 0 Å². The summed E-state index contributed by atoms with van der Waals surface area (Å²) in [5.74, 6) is 0. The first-order valence-electron chi connectivity index (χ1n) is 6.23. The molecular formula is C14H18BrNO2S. The topological polar surface area (TPSA) is 38.7 Å². The minimum Gasteiger partial charge on any atom is -0.376 e. The molecule has 1 aliphatic heterocycles. The quantitative estimate of drug-likeness (QED) is 0.772. The summed E-state index contributed by atoms with van der Waals surface area (Å²) in [5, 5.41) is 0. The van der Waals surface area contributed by atoms with E-state index >= 15 is 0 Å². The SMILES string of the molecule is CC(C)(C)S(=O)/N=C/c1cc(Br)cc2c1COCC2. The fourth-order valence-electron chi connectivity index (χ4n) is 1.85. The molecule has 104 valence electrons. The van der Waals surface area contributed by atoms with Crippen molar-refractivity contribution >= 4 is 33.1 Å². The summed E-state index contributed by atoms with van der Waals surface area (Å²) in [7, 11) is -1.23. The molecule has 0 amide bonds. The minimum absolute atomic E-state index is 0.334. The van der Waals surface area contributed by atoms with Crippen LogP contribution in [0.1, 0.15) is 37.5 Å².